The summed E-state index contributed by atoms with van der Waals surface area (Å²) in [6, 6.07) is -0.0454. The Kier molecular flexibility index (Phi) is 5.69. The summed E-state index contributed by atoms with van der Waals surface area (Å²) in [5, 5.41) is 3.18. The number of Topliss-reactive ketones (excluding diaryl/α,β-unsaturated/α-hetero) is 1. The van der Waals surface area contributed by atoms with E-state index in [0.29, 0.717) is 12.2 Å². The number of nitrogens with one attached hydrogen (secondary N) is 1. The zero-order chi connectivity index (χ0) is 17.4. The number of carbonyl (C=O) groups is 2. The summed E-state index contributed by atoms with van der Waals surface area (Å²) < 4.78 is 6.38. The molecule has 4 nitrogen and oxygen atoms in total. The van der Waals surface area contributed by atoms with E-state index in [-0.39, 0.29) is 34.3 Å². The molecule has 2 aliphatic rings. The molecule has 2 saturated heterocycles. The van der Waals surface area contributed by atoms with Gasteiger partial charge in [0, 0.05) is 12.5 Å². The summed E-state index contributed by atoms with van der Waals surface area (Å²) in [6.07, 6.45) is 2.45. The SMILES string of the molecule is C[C@@H](O[Si](C)(C)C(C)(C)C)[C@H]1C(=O)N[C@@H]1CC(=O)[C@H]1CCCS1. The summed E-state index contributed by atoms with van der Waals surface area (Å²) in [5.41, 5.74) is 0. The summed E-state index contributed by atoms with van der Waals surface area (Å²) >= 11 is 1.76. The van der Waals surface area contributed by atoms with E-state index in [2.05, 4.69) is 39.2 Å². The van der Waals surface area contributed by atoms with Crippen molar-refractivity contribution in [3.8, 4) is 0 Å². The molecule has 6 heteroatoms. The van der Waals surface area contributed by atoms with Crippen molar-refractivity contribution in [2.75, 3.05) is 5.75 Å². The Bertz CT molecular complexity index is 469. The van der Waals surface area contributed by atoms with Crippen molar-refractivity contribution in [3.05, 3.63) is 0 Å². The third kappa shape index (κ3) is 4.20. The average molecular weight is 358 g/mol. The normalized spacial score (nSPS) is 29.8. The van der Waals surface area contributed by atoms with Gasteiger partial charge in [-0.25, -0.2) is 0 Å². The van der Waals surface area contributed by atoms with Gasteiger partial charge in [0.25, 0.3) is 0 Å². The molecule has 0 spiro atoms. The molecule has 2 aliphatic heterocycles. The molecule has 132 valence electrons. The number of hydrogen-bond acceptors (Lipinski definition) is 4. The highest BCUT2D eigenvalue weighted by Crippen LogP contribution is 2.39. The number of β-lactam (4-membered cyclic amide) rings is 1. The van der Waals surface area contributed by atoms with Crippen LogP contribution in [0.25, 0.3) is 0 Å². The Morgan fingerprint density at radius 1 is 1.43 bits per heavy atom. The first-order chi connectivity index (χ1) is 10.5. The van der Waals surface area contributed by atoms with E-state index in [1.54, 1.807) is 11.8 Å². The molecule has 0 radical (unpaired) electrons. The average Bonchev–Trinajstić information content (AvgIpc) is 2.89. The Morgan fingerprint density at radius 2 is 2.09 bits per heavy atom. The molecule has 4 atom stereocenters. The van der Waals surface area contributed by atoms with Crippen molar-refractivity contribution in [1.82, 2.24) is 5.32 Å². The number of hydrogen-bond donors (Lipinski definition) is 1. The van der Waals surface area contributed by atoms with Crippen LogP contribution in [0.2, 0.25) is 18.1 Å². The number of amides is 1. The van der Waals surface area contributed by atoms with Crippen LogP contribution in [0.3, 0.4) is 0 Å². The Labute approximate surface area is 145 Å². The van der Waals surface area contributed by atoms with E-state index in [0.717, 1.165) is 18.6 Å². The molecule has 2 fully saturated rings. The first-order valence-corrected chi connectivity index (χ1v) is 12.6. The summed E-state index contributed by atoms with van der Waals surface area (Å²) in [6.45, 7) is 13.0. The standard InChI is InChI=1S/C17H31NO3SSi/c1-11(21-23(5,6)17(2,3)4)15-12(18-16(15)20)10-13(19)14-8-7-9-22-14/h11-12,14-15H,7-10H2,1-6H3,(H,18,20)/t11-,12-,14-,15-/m1/s1. The fourth-order valence-electron chi connectivity index (χ4n) is 3.07. The first kappa shape index (κ1) is 19.0. The minimum atomic E-state index is -1.91. The quantitative estimate of drug-likeness (QED) is 0.585. The second kappa shape index (κ2) is 6.88. The Morgan fingerprint density at radius 3 is 2.57 bits per heavy atom. The van der Waals surface area contributed by atoms with Crippen LogP contribution in [-0.2, 0) is 14.0 Å². The largest absolute Gasteiger partial charge is 0.413 e. The number of ketones is 1. The van der Waals surface area contributed by atoms with Gasteiger partial charge in [0.1, 0.15) is 5.78 Å². The van der Waals surface area contributed by atoms with E-state index in [1.807, 2.05) is 6.92 Å². The van der Waals surface area contributed by atoms with Crippen molar-refractivity contribution in [2.24, 2.45) is 5.92 Å². The Balaban J connectivity index is 1.94. The highest BCUT2D eigenvalue weighted by molar-refractivity contribution is 8.00. The monoisotopic (exact) mass is 357 g/mol. The predicted octanol–water partition coefficient (Wildman–Crippen LogP) is 3.37. The first-order valence-electron chi connectivity index (χ1n) is 8.65. The van der Waals surface area contributed by atoms with Gasteiger partial charge in [-0.2, -0.15) is 11.8 Å². The second-order valence-corrected chi connectivity index (χ2v) is 14.5. The summed E-state index contributed by atoms with van der Waals surface area (Å²) in [7, 11) is -1.91. The van der Waals surface area contributed by atoms with Crippen molar-refractivity contribution >= 4 is 31.8 Å². The van der Waals surface area contributed by atoms with Crippen LogP contribution in [0.1, 0.15) is 47.0 Å². The number of carbonyl (C=O) groups excluding carboxylic acids is 2. The van der Waals surface area contributed by atoms with Crippen LogP contribution in [0.15, 0.2) is 0 Å². The fourth-order valence-corrected chi connectivity index (χ4v) is 5.73. The molecule has 1 N–H and O–H groups in total. The van der Waals surface area contributed by atoms with Crippen LogP contribution in [-0.4, -0.2) is 43.2 Å². The van der Waals surface area contributed by atoms with Crippen molar-refractivity contribution in [3.63, 3.8) is 0 Å². The van der Waals surface area contributed by atoms with Crippen LogP contribution >= 0.6 is 11.8 Å². The maximum atomic E-state index is 12.4. The highest BCUT2D eigenvalue weighted by Gasteiger charge is 2.48. The van der Waals surface area contributed by atoms with Gasteiger partial charge in [0.15, 0.2) is 8.32 Å². The minimum Gasteiger partial charge on any atom is -0.413 e. The van der Waals surface area contributed by atoms with Gasteiger partial charge in [0.05, 0.1) is 17.3 Å². The van der Waals surface area contributed by atoms with Gasteiger partial charge in [-0.15, -0.1) is 0 Å². The zero-order valence-corrected chi connectivity index (χ0v) is 17.1. The van der Waals surface area contributed by atoms with Gasteiger partial charge >= 0.3 is 0 Å². The van der Waals surface area contributed by atoms with E-state index in [9.17, 15) is 9.59 Å². The van der Waals surface area contributed by atoms with Crippen LogP contribution in [0.4, 0.5) is 0 Å². The molecule has 23 heavy (non-hydrogen) atoms. The Hall–Kier alpha value is -0.333. The lowest BCUT2D eigenvalue weighted by molar-refractivity contribution is -0.141. The van der Waals surface area contributed by atoms with Crippen molar-refractivity contribution in [2.45, 2.75) is 82.5 Å². The van der Waals surface area contributed by atoms with Gasteiger partial charge < -0.3 is 9.74 Å². The molecule has 0 unspecified atom stereocenters. The highest BCUT2D eigenvalue weighted by atomic mass is 32.2. The fraction of sp³-hybridized carbons (Fsp3) is 0.882. The smallest absolute Gasteiger partial charge is 0.228 e. The number of thioether (sulfide) groups is 1. The molecule has 2 rings (SSSR count). The lowest BCUT2D eigenvalue weighted by Gasteiger charge is -2.45. The molecule has 0 saturated carbocycles. The van der Waals surface area contributed by atoms with Crippen LogP contribution < -0.4 is 5.32 Å². The molecule has 0 aliphatic carbocycles. The molecule has 0 aromatic carbocycles. The summed E-state index contributed by atoms with van der Waals surface area (Å²) in [4.78, 5) is 24.4. The van der Waals surface area contributed by atoms with Gasteiger partial charge in [-0.1, -0.05) is 20.8 Å². The minimum absolute atomic E-state index is 0.0353. The van der Waals surface area contributed by atoms with E-state index >= 15 is 0 Å². The third-order valence-electron chi connectivity index (χ3n) is 5.57. The molecular formula is C17H31NO3SSi. The molecule has 2 heterocycles. The molecule has 0 aromatic rings. The van der Waals surface area contributed by atoms with Gasteiger partial charge in [-0.3, -0.25) is 9.59 Å². The maximum absolute atomic E-state index is 12.4. The molecular weight excluding hydrogens is 326 g/mol. The lowest BCUT2D eigenvalue weighted by atomic mass is 9.82. The second-order valence-electron chi connectivity index (χ2n) is 8.40. The topological polar surface area (TPSA) is 55.4 Å². The number of rotatable bonds is 6. The summed E-state index contributed by atoms with van der Waals surface area (Å²) in [5.74, 6) is 1.23. The molecule has 0 bridgehead atoms. The van der Waals surface area contributed by atoms with Crippen LogP contribution in [0.5, 0.6) is 0 Å². The zero-order valence-electron chi connectivity index (χ0n) is 15.3. The van der Waals surface area contributed by atoms with Crippen molar-refractivity contribution < 1.29 is 14.0 Å². The van der Waals surface area contributed by atoms with Crippen LogP contribution in [0, 0.1) is 5.92 Å². The van der Waals surface area contributed by atoms with E-state index < -0.39 is 8.32 Å². The third-order valence-corrected chi connectivity index (χ3v) is 11.6. The maximum Gasteiger partial charge on any atom is 0.228 e. The van der Waals surface area contributed by atoms with Crippen molar-refractivity contribution in [1.29, 1.82) is 0 Å². The van der Waals surface area contributed by atoms with E-state index in [1.165, 1.54) is 0 Å². The van der Waals surface area contributed by atoms with Gasteiger partial charge in [0.2, 0.25) is 5.91 Å². The molecule has 1 amide bonds. The molecule has 0 aromatic heterocycles. The lowest BCUT2D eigenvalue weighted by Crippen LogP contribution is -2.64. The van der Waals surface area contributed by atoms with Gasteiger partial charge in [-0.05, 0) is 43.7 Å². The van der Waals surface area contributed by atoms with E-state index in [4.69, 9.17) is 4.43 Å². The predicted molar refractivity (Wildman–Crippen MR) is 98.3 cm³/mol.